The Balaban J connectivity index is 3.10. The lowest BCUT2D eigenvalue weighted by atomic mass is 10.1. The van der Waals surface area contributed by atoms with Gasteiger partial charge in [-0.1, -0.05) is 0 Å². The molecule has 1 atom stereocenters. The predicted molar refractivity (Wildman–Crippen MR) is 49.5 cm³/mol. The van der Waals surface area contributed by atoms with E-state index in [2.05, 4.69) is 20.9 Å². The lowest BCUT2D eigenvalue weighted by Crippen LogP contribution is -2.10. The van der Waals surface area contributed by atoms with E-state index in [-0.39, 0.29) is 11.4 Å². The lowest BCUT2D eigenvalue weighted by Gasteiger charge is -2.12. The molecule has 0 aromatic carbocycles. The van der Waals surface area contributed by atoms with E-state index in [0.717, 1.165) is 0 Å². The second-order valence-electron chi connectivity index (χ2n) is 2.53. The summed E-state index contributed by atoms with van der Waals surface area (Å²) in [5.74, 6) is 0.000926. The van der Waals surface area contributed by atoms with E-state index in [9.17, 15) is 8.78 Å². The van der Waals surface area contributed by atoms with Gasteiger partial charge in [-0.15, -0.1) is 0 Å². The van der Waals surface area contributed by atoms with E-state index >= 15 is 0 Å². The molecule has 78 valence electrons. The van der Waals surface area contributed by atoms with Crippen LogP contribution in [-0.2, 0) is 0 Å². The average Bonchev–Trinajstić information content (AvgIpc) is 2.16. The van der Waals surface area contributed by atoms with Crippen LogP contribution in [-0.4, -0.2) is 23.6 Å². The molecule has 1 aromatic heterocycles. The summed E-state index contributed by atoms with van der Waals surface area (Å²) in [6.07, 6.45) is -3.34. The van der Waals surface area contributed by atoms with Crippen LogP contribution in [0.4, 0.5) is 8.78 Å². The van der Waals surface area contributed by atoms with Gasteiger partial charge in [0, 0.05) is 16.2 Å². The van der Waals surface area contributed by atoms with E-state index in [1.54, 1.807) is 0 Å². The number of nitrogens with zero attached hydrogens (tertiary/aromatic N) is 1. The summed E-state index contributed by atoms with van der Waals surface area (Å²) in [4.78, 5) is 3.74. The van der Waals surface area contributed by atoms with Crippen LogP contribution in [0.5, 0.6) is 5.88 Å². The first-order valence-electron chi connectivity index (χ1n) is 3.72. The van der Waals surface area contributed by atoms with E-state index in [4.69, 9.17) is 9.84 Å². The van der Waals surface area contributed by atoms with Gasteiger partial charge in [0.15, 0.2) is 0 Å². The highest BCUT2D eigenvalue weighted by Crippen LogP contribution is 2.29. The van der Waals surface area contributed by atoms with E-state index in [0.29, 0.717) is 4.47 Å². The Morgan fingerprint density at radius 1 is 1.57 bits per heavy atom. The van der Waals surface area contributed by atoms with Crippen LogP contribution in [0.25, 0.3) is 0 Å². The Bertz CT molecular complexity index is 322. The molecule has 0 aliphatic carbocycles. The van der Waals surface area contributed by atoms with E-state index in [1.807, 2.05) is 0 Å². The van der Waals surface area contributed by atoms with Crippen LogP contribution in [0.15, 0.2) is 16.7 Å². The molecule has 1 aromatic rings. The lowest BCUT2D eigenvalue weighted by molar-refractivity contribution is -0.00733. The number of aromatic nitrogens is 1. The molecule has 1 unspecified atom stereocenters. The topological polar surface area (TPSA) is 42.4 Å². The fourth-order valence-electron chi connectivity index (χ4n) is 0.961. The molecule has 0 aliphatic rings. The number of aliphatic hydroxyl groups is 1. The second-order valence-corrected chi connectivity index (χ2v) is 3.45. The van der Waals surface area contributed by atoms with Gasteiger partial charge >= 0.3 is 0 Å². The van der Waals surface area contributed by atoms with Crippen LogP contribution in [0.3, 0.4) is 0 Å². The summed E-state index contributed by atoms with van der Waals surface area (Å²) < 4.78 is 29.7. The molecule has 0 amide bonds. The molecule has 6 heteroatoms. The molecule has 0 saturated heterocycles. The van der Waals surface area contributed by atoms with Gasteiger partial charge in [-0.2, -0.15) is 0 Å². The number of pyridine rings is 1. The number of hydrogen-bond acceptors (Lipinski definition) is 3. The summed E-state index contributed by atoms with van der Waals surface area (Å²) in [6.45, 7) is 0. The summed E-state index contributed by atoms with van der Waals surface area (Å²) in [6, 6.07) is 1.35. The number of rotatable bonds is 3. The molecule has 1 rings (SSSR count). The number of methoxy groups -OCH3 is 1. The third-order valence-electron chi connectivity index (χ3n) is 1.60. The van der Waals surface area contributed by atoms with E-state index in [1.165, 1.54) is 19.4 Å². The molecule has 0 radical (unpaired) electrons. The summed E-state index contributed by atoms with van der Waals surface area (Å²) in [5, 5.41) is 9.14. The molecule has 1 heterocycles. The Morgan fingerprint density at radius 3 is 2.71 bits per heavy atom. The minimum absolute atomic E-state index is 0.000926. The maximum atomic E-state index is 12.2. The van der Waals surface area contributed by atoms with Crippen molar-refractivity contribution >= 4 is 15.9 Å². The number of halogens is 3. The highest BCUT2D eigenvalue weighted by molar-refractivity contribution is 9.10. The molecule has 0 bridgehead atoms. The molecule has 14 heavy (non-hydrogen) atoms. The van der Waals surface area contributed by atoms with Gasteiger partial charge in [0.25, 0.3) is 6.43 Å². The molecule has 3 nitrogen and oxygen atoms in total. The quantitative estimate of drug-likeness (QED) is 0.913. The Hall–Kier alpha value is -0.750. The number of aliphatic hydroxyl groups excluding tert-OH is 1. The fraction of sp³-hybridized carbons (Fsp3) is 0.375. The standard InChI is InChI=1S/C8H8BrF2NO2/c1-14-8-5(6(13)7(10)11)2-4(9)3-12-8/h2-3,6-7,13H,1H3. The first-order chi connectivity index (χ1) is 6.56. The van der Waals surface area contributed by atoms with Crippen LogP contribution in [0.2, 0.25) is 0 Å². The molecule has 1 N–H and O–H groups in total. The second kappa shape index (κ2) is 4.65. The van der Waals surface area contributed by atoms with Crippen LogP contribution in [0, 0.1) is 0 Å². The Kier molecular flexibility index (Phi) is 3.77. The fourth-order valence-corrected chi connectivity index (χ4v) is 1.31. The van der Waals surface area contributed by atoms with Crippen molar-refractivity contribution in [2.24, 2.45) is 0 Å². The van der Waals surface area contributed by atoms with Crippen LogP contribution < -0.4 is 4.74 Å². The molecule has 0 fully saturated rings. The zero-order chi connectivity index (χ0) is 10.7. The minimum Gasteiger partial charge on any atom is -0.481 e. The number of hydrogen-bond donors (Lipinski definition) is 1. The summed E-state index contributed by atoms with van der Waals surface area (Å²) in [7, 11) is 1.30. The van der Waals surface area contributed by atoms with Crippen molar-refractivity contribution in [2.75, 3.05) is 7.11 Å². The third kappa shape index (κ3) is 2.39. The van der Waals surface area contributed by atoms with Crippen LogP contribution >= 0.6 is 15.9 Å². The Morgan fingerprint density at radius 2 is 2.21 bits per heavy atom. The highest BCUT2D eigenvalue weighted by atomic mass is 79.9. The molecule has 0 spiro atoms. The third-order valence-corrected chi connectivity index (χ3v) is 2.03. The van der Waals surface area contributed by atoms with Gasteiger partial charge in [0.2, 0.25) is 5.88 Å². The summed E-state index contributed by atoms with van der Waals surface area (Å²) in [5.41, 5.74) is -0.0307. The largest absolute Gasteiger partial charge is 0.481 e. The number of alkyl halides is 2. The van der Waals surface area contributed by atoms with Crippen molar-refractivity contribution in [3.8, 4) is 5.88 Å². The van der Waals surface area contributed by atoms with Gasteiger partial charge in [-0.05, 0) is 22.0 Å². The van der Waals surface area contributed by atoms with Crippen molar-refractivity contribution in [1.29, 1.82) is 0 Å². The number of ether oxygens (including phenoxy) is 1. The van der Waals surface area contributed by atoms with Gasteiger partial charge in [0.1, 0.15) is 6.10 Å². The normalized spacial score (nSPS) is 13.0. The maximum Gasteiger partial charge on any atom is 0.268 e. The monoisotopic (exact) mass is 267 g/mol. The van der Waals surface area contributed by atoms with Crippen molar-refractivity contribution < 1.29 is 18.6 Å². The van der Waals surface area contributed by atoms with Gasteiger partial charge < -0.3 is 9.84 Å². The SMILES string of the molecule is COc1ncc(Br)cc1C(O)C(F)F. The molecular formula is C8H8BrF2NO2. The minimum atomic E-state index is -2.86. The van der Waals surface area contributed by atoms with Crippen LogP contribution in [0.1, 0.15) is 11.7 Å². The van der Waals surface area contributed by atoms with Gasteiger partial charge in [-0.3, -0.25) is 0 Å². The summed E-state index contributed by atoms with van der Waals surface area (Å²) >= 11 is 3.07. The van der Waals surface area contributed by atoms with Crippen molar-refractivity contribution in [1.82, 2.24) is 4.98 Å². The maximum absolute atomic E-state index is 12.2. The zero-order valence-corrected chi connectivity index (χ0v) is 8.83. The molecule has 0 saturated carbocycles. The van der Waals surface area contributed by atoms with Crippen molar-refractivity contribution in [3.05, 3.63) is 22.3 Å². The van der Waals surface area contributed by atoms with Crippen molar-refractivity contribution in [2.45, 2.75) is 12.5 Å². The molecule has 0 aliphatic heterocycles. The molecular weight excluding hydrogens is 260 g/mol. The predicted octanol–water partition coefficient (Wildman–Crippen LogP) is 2.15. The first-order valence-corrected chi connectivity index (χ1v) is 4.51. The first kappa shape index (κ1) is 11.3. The smallest absolute Gasteiger partial charge is 0.268 e. The Labute approximate surface area is 87.9 Å². The van der Waals surface area contributed by atoms with E-state index < -0.39 is 12.5 Å². The zero-order valence-electron chi connectivity index (χ0n) is 7.25. The van der Waals surface area contributed by atoms with Crippen molar-refractivity contribution in [3.63, 3.8) is 0 Å². The highest BCUT2D eigenvalue weighted by Gasteiger charge is 2.23. The van der Waals surface area contributed by atoms with Gasteiger partial charge in [0.05, 0.1) is 7.11 Å². The van der Waals surface area contributed by atoms with Gasteiger partial charge in [-0.25, -0.2) is 13.8 Å². The average molecular weight is 268 g/mol.